The summed E-state index contributed by atoms with van der Waals surface area (Å²) in [6, 6.07) is 5.36. The molecule has 0 heterocycles. The van der Waals surface area contributed by atoms with E-state index >= 15 is 0 Å². The maximum atomic E-state index is 12.0. The highest BCUT2D eigenvalue weighted by Gasteiger charge is 2.18. The van der Waals surface area contributed by atoms with Gasteiger partial charge in [0.05, 0.1) is 19.1 Å². The van der Waals surface area contributed by atoms with Gasteiger partial charge in [-0.1, -0.05) is 0 Å². The summed E-state index contributed by atoms with van der Waals surface area (Å²) in [5.74, 6) is -2.90. The van der Waals surface area contributed by atoms with Gasteiger partial charge in [0.1, 0.15) is 0 Å². The summed E-state index contributed by atoms with van der Waals surface area (Å²) in [6.45, 7) is 0.584. The lowest BCUT2D eigenvalue weighted by molar-refractivity contribution is -0.141. The lowest BCUT2D eigenvalue weighted by Crippen LogP contribution is -2.41. The largest absolute Gasteiger partial charge is 0.480 e. The Hall–Kier alpha value is -2.78. The summed E-state index contributed by atoms with van der Waals surface area (Å²) in [4.78, 5) is 45.8. The molecule has 1 aromatic rings. The van der Waals surface area contributed by atoms with Crippen molar-refractivity contribution >= 4 is 29.3 Å². The molecule has 0 spiro atoms. The smallest absolute Gasteiger partial charge is 0.317 e. The van der Waals surface area contributed by atoms with E-state index in [4.69, 9.17) is 15.9 Å². The number of carbonyl (C=O) groups is 4. The summed E-state index contributed by atoms with van der Waals surface area (Å²) in [5.41, 5.74) is 6.75. The first-order valence-electron chi connectivity index (χ1n) is 7.52. The summed E-state index contributed by atoms with van der Waals surface area (Å²) in [5, 5.41) is 20.1. The molecule has 0 saturated carbocycles. The van der Waals surface area contributed by atoms with Gasteiger partial charge in [0.2, 0.25) is 5.91 Å². The summed E-state index contributed by atoms with van der Waals surface area (Å²) in [6.07, 6.45) is 0.0952. The standard InChI is InChI=1S/C16H21N3O6/c1-10(20)11-2-4-12(5-3-11)18-16(25)13(17)6-7-19(8-14(21)22)9-15(23)24/h2-5,13H,6-9,17H2,1H3,(H,18,25)(H,21,22)(H,23,24). The van der Waals surface area contributed by atoms with Crippen LogP contribution in [0.15, 0.2) is 24.3 Å². The zero-order valence-electron chi connectivity index (χ0n) is 13.8. The molecule has 0 fully saturated rings. The molecule has 1 aromatic carbocycles. The number of ketones is 1. The zero-order valence-corrected chi connectivity index (χ0v) is 13.8. The van der Waals surface area contributed by atoms with Crippen LogP contribution in [-0.2, 0) is 14.4 Å². The minimum absolute atomic E-state index is 0.0520. The van der Waals surface area contributed by atoms with Crippen molar-refractivity contribution in [3.05, 3.63) is 29.8 Å². The lowest BCUT2D eigenvalue weighted by atomic mass is 10.1. The van der Waals surface area contributed by atoms with Crippen LogP contribution in [0.5, 0.6) is 0 Å². The van der Waals surface area contributed by atoms with Crippen LogP contribution in [0.25, 0.3) is 0 Å². The van der Waals surface area contributed by atoms with E-state index in [1.54, 1.807) is 24.3 Å². The first kappa shape index (κ1) is 20.3. The van der Waals surface area contributed by atoms with Gasteiger partial charge in [0.25, 0.3) is 0 Å². The first-order valence-corrected chi connectivity index (χ1v) is 7.52. The van der Waals surface area contributed by atoms with Gasteiger partial charge >= 0.3 is 11.9 Å². The Morgan fingerprint density at radius 2 is 1.60 bits per heavy atom. The van der Waals surface area contributed by atoms with Crippen LogP contribution in [0.2, 0.25) is 0 Å². The predicted octanol–water partition coefficient (Wildman–Crippen LogP) is 0.0163. The Balaban J connectivity index is 2.55. The van der Waals surface area contributed by atoms with Crippen LogP contribution in [0, 0.1) is 0 Å². The summed E-state index contributed by atoms with van der Waals surface area (Å²) in [7, 11) is 0. The molecule has 5 N–H and O–H groups in total. The second kappa shape index (κ2) is 9.50. The highest BCUT2D eigenvalue weighted by molar-refractivity contribution is 5.97. The van der Waals surface area contributed by atoms with E-state index in [-0.39, 0.29) is 18.7 Å². The van der Waals surface area contributed by atoms with Crippen molar-refractivity contribution < 1.29 is 29.4 Å². The Kier molecular flexibility index (Phi) is 7.70. The van der Waals surface area contributed by atoms with Crippen LogP contribution >= 0.6 is 0 Å². The molecule has 9 heteroatoms. The van der Waals surface area contributed by atoms with Crippen LogP contribution < -0.4 is 11.1 Å². The normalized spacial score (nSPS) is 11.8. The van der Waals surface area contributed by atoms with Crippen LogP contribution in [-0.4, -0.2) is 64.4 Å². The Morgan fingerprint density at radius 3 is 2.04 bits per heavy atom. The molecule has 0 bridgehead atoms. The Labute approximate surface area is 144 Å². The molecular weight excluding hydrogens is 330 g/mol. The lowest BCUT2D eigenvalue weighted by Gasteiger charge is -2.20. The number of rotatable bonds is 10. The number of nitrogens with zero attached hydrogens (tertiary/aromatic N) is 1. The minimum Gasteiger partial charge on any atom is -0.480 e. The number of nitrogens with two attached hydrogens (primary N) is 1. The van der Waals surface area contributed by atoms with Gasteiger partial charge in [-0.3, -0.25) is 24.1 Å². The fourth-order valence-corrected chi connectivity index (χ4v) is 2.07. The summed E-state index contributed by atoms with van der Waals surface area (Å²) >= 11 is 0. The zero-order chi connectivity index (χ0) is 19.0. The first-order chi connectivity index (χ1) is 11.7. The molecule has 1 atom stereocenters. The molecule has 0 aliphatic heterocycles. The molecule has 0 aromatic heterocycles. The molecule has 25 heavy (non-hydrogen) atoms. The third kappa shape index (κ3) is 7.55. The van der Waals surface area contributed by atoms with E-state index in [2.05, 4.69) is 5.32 Å². The van der Waals surface area contributed by atoms with E-state index < -0.39 is 37.0 Å². The number of carboxylic acid groups (broad SMARTS) is 2. The van der Waals surface area contributed by atoms with Crippen molar-refractivity contribution in [3.8, 4) is 0 Å². The van der Waals surface area contributed by atoms with E-state index in [1.165, 1.54) is 11.8 Å². The number of amides is 1. The molecular formula is C16H21N3O6. The fourth-order valence-electron chi connectivity index (χ4n) is 2.07. The average Bonchev–Trinajstić information content (AvgIpc) is 2.51. The third-order valence-corrected chi connectivity index (χ3v) is 3.37. The van der Waals surface area contributed by atoms with Crippen molar-refractivity contribution in [1.29, 1.82) is 0 Å². The Morgan fingerprint density at radius 1 is 1.08 bits per heavy atom. The number of anilines is 1. The third-order valence-electron chi connectivity index (χ3n) is 3.37. The Bertz CT molecular complexity index is 628. The van der Waals surface area contributed by atoms with Crippen molar-refractivity contribution in [3.63, 3.8) is 0 Å². The van der Waals surface area contributed by atoms with Crippen molar-refractivity contribution in [1.82, 2.24) is 4.90 Å². The minimum atomic E-state index is -1.16. The van der Waals surface area contributed by atoms with E-state index in [9.17, 15) is 19.2 Å². The fraction of sp³-hybridized carbons (Fsp3) is 0.375. The number of carbonyl (C=O) groups excluding carboxylic acids is 2. The molecule has 1 amide bonds. The molecule has 136 valence electrons. The molecule has 1 rings (SSSR count). The number of carboxylic acids is 2. The van der Waals surface area contributed by atoms with E-state index in [0.717, 1.165) is 0 Å². The van der Waals surface area contributed by atoms with Crippen molar-refractivity contribution in [2.24, 2.45) is 5.73 Å². The van der Waals surface area contributed by atoms with Crippen molar-refractivity contribution in [2.75, 3.05) is 25.0 Å². The van der Waals surface area contributed by atoms with Gasteiger partial charge < -0.3 is 21.3 Å². The molecule has 0 radical (unpaired) electrons. The second-order valence-corrected chi connectivity index (χ2v) is 5.52. The quantitative estimate of drug-likeness (QED) is 0.431. The number of benzene rings is 1. The van der Waals surface area contributed by atoms with Gasteiger partial charge in [-0.25, -0.2) is 0 Å². The average molecular weight is 351 g/mol. The number of Topliss-reactive ketones (excluding diaryl/α,β-unsaturated/α-hetero) is 1. The second-order valence-electron chi connectivity index (χ2n) is 5.52. The number of hydrogen-bond donors (Lipinski definition) is 4. The van der Waals surface area contributed by atoms with Crippen molar-refractivity contribution in [2.45, 2.75) is 19.4 Å². The van der Waals surface area contributed by atoms with E-state index in [0.29, 0.717) is 11.3 Å². The van der Waals surface area contributed by atoms with Gasteiger partial charge in [0.15, 0.2) is 5.78 Å². The summed E-state index contributed by atoms with van der Waals surface area (Å²) < 4.78 is 0. The highest BCUT2D eigenvalue weighted by Crippen LogP contribution is 2.10. The molecule has 0 aliphatic rings. The van der Waals surface area contributed by atoms with Crippen LogP contribution in [0.3, 0.4) is 0 Å². The van der Waals surface area contributed by atoms with Gasteiger partial charge in [-0.2, -0.15) is 0 Å². The maximum absolute atomic E-state index is 12.0. The van der Waals surface area contributed by atoms with Gasteiger partial charge in [0, 0.05) is 17.8 Å². The SMILES string of the molecule is CC(=O)c1ccc(NC(=O)C(N)CCN(CC(=O)O)CC(=O)O)cc1. The maximum Gasteiger partial charge on any atom is 0.317 e. The number of aliphatic carboxylic acids is 2. The van der Waals surface area contributed by atoms with Gasteiger partial charge in [-0.15, -0.1) is 0 Å². The van der Waals surface area contributed by atoms with Crippen LogP contribution in [0.4, 0.5) is 5.69 Å². The van der Waals surface area contributed by atoms with Gasteiger partial charge in [-0.05, 0) is 37.6 Å². The molecule has 1 unspecified atom stereocenters. The number of nitrogens with one attached hydrogen (secondary N) is 1. The molecule has 9 nitrogen and oxygen atoms in total. The molecule has 0 saturated heterocycles. The van der Waals surface area contributed by atoms with E-state index in [1.807, 2.05) is 0 Å². The topological polar surface area (TPSA) is 150 Å². The van der Waals surface area contributed by atoms with Crippen LogP contribution in [0.1, 0.15) is 23.7 Å². The number of hydrogen-bond acceptors (Lipinski definition) is 6. The monoisotopic (exact) mass is 351 g/mol. The molecule has 0 aliphatic carbocycles. The highest BCUT2D eigenvalue weighted by atomic mass is 16.4. The predicted molar refractivity (Wildman–Crippen MR) is 89.4 cm³/mol.